The van der Waals surface area contributed by atoms with Crippen LogP contribution in [0.5, 0.6) is 5.75 Å². The predicted octanol–water partition coefficient (Wildman–Crippen LogP) is 5.20. The number of aromatic nitrogens is 5. The number of rotatable bonds is 8. The van der Waals surface area contributed by atoms with Gasteiger partial charge in [0.05, 0.1) is 28.4 Å². The van der Waals surface area contributed by atoms with Crippen molar-refractivity contribution in [1.29, 1.82) is 0 Å². The lowest BCUT2D eigenvalue weighted by atomic mass is 10.0. The van der Waals surface area contributed by atoms with Crippen LogP contribution >= 0.6 is 23.2 Å². The van der Waals surface area contributed by atoms with Gasteiger partial charge in [-0.05, 0) is 51.3 Å². The molecule has 5 rings (SSSR count). The fraction of sp³-hybridized carbons (Fsp3) is 0.429. The zero-order chi connectivity index (χ0) is 27.7. The Kier molecular flexibility index (Phi) is 8.11. The maximum absolute atomic E-state index is 6.74. The van der Waals surface area contributed by atoms with E-state index in [9.17, 15) is 0 Å². The number of hydrogen-bond acceptors (Lipinski definition) is 8. The van der Waals surface area contributed by atoms with Gasteiger partial charge in [-0.15, -0.1) is 0 Å². The normalized spacial score (nSPS) is 15.1. The number of halogens is 2. The lowest BCUT2D eigenvalue weighted by Crippen LogP contribution is -2.51. The van der Waals surface area contributed by atoms with Crippen molar-refractivity contribution in [2.45, 2.75) is 52.1 Å². The van der Waals surface area contributed by atoms with Crippen LogP contribution in [-0.2, 0) is 6.42 Å². The van der Waals surface area contributed by atoms with E-state index in [-0.39, 0.29) is 12.1 Å². The van der Waals surface area contributed by atoms with Crippen molar-refractivity contribution in [2.24, 2.45) is 5.73 Å². The van der Waals surface area contributed by atoms with E-state index in [0.717, 1.165) is 66.7 Å². The van der Waals surface area contributed by atoms with Crippen molar-refractivity contribution >= 4 is 40.6 Å². The van der Waals surface area contributed by atoms with Crippen LogP contribution in [0.2, 0.25) is 10.0 Å². The molecule has 1 unspecified atom stereocenters. The van der Waals surface area contributed by atoms with Crippen LogP contribution in [0.3, 0.4) is 0 Å². The fourth-order valence-electron chi connectivity index (χ4n) is 5.41. The minimum Gasteiger partial charge on any atom is -0.497 e. The minimum atomic E-state index is 0.0888. The third kappa shape index (κ3) is 5.23. The molecule has 0 amide bonds. The van der Waals surface area contributed by atoms with Gasteiger partial charge in [0, 0.05) is 61.4 Å². The summed E-state index contributed by atoms with van der Waals surface area (Å²) in [6, 6.07) is 7.87. The summed E-state index contributed by atoms with van der Waals surface area (Å²) in [7, 11) is 1.59. The summed E-state index contributed by atoms with van der Waals surface area (Å²) in [6.07, 6.45) is 6.23. The highest BCUT2D eigenvalue weighted by atomic mass is 35.5. The molecule has 1 aliphatic heterocycles. The molecule has 0 saturated carbocycles. The molecule has 3 aromatic heterocycles. The Morgan fingerprint density at radius 3 is 2.36 bits per heavy atom. The Morgan fingerprint density at radius 2 is 1.77 bits per heavy atom. The minimum absolute atomic E-state index is 0.0888. The summed E-state index contributed by atoms with van der Waals surface area (Å²) in [4.78, 5) is 18.6. The van der Waals surface area contributed by atoms with E-state index < -0.39 is 0 Å². The average Bonchev–Trinajstić information content (AvgIpc) is 3.28. The van der Waals surface area contributed by atoms with E-state index in [2.05, 4.69) is 39.7 Å². The molecule has 39 heavy (non-hydrogen) atoms. The Labute approximate surface area is 238 Å². The standard InChI is InChI=1S/C28H34Cl2N8O/c1-5-19-13-24(37(17(2)16-31)20-7-11-36(12-8-20)28-32-9-6-10-33-28)38-27(34-19)25(18(3)35-38)26-22(29)14-21(39-4)15-23(26)30/h6,9-10,13-15,17,20H,5,7-8,11-12,16,31H2,1-4H3. The van der Waals surface area contributed by atoms with Crippen molar-refractivity contribution < 1.29 is 4.74 Å². The van der Waals surface area contributed by atoms with Gasteiger partial charge < -0.3 is 20.3 Å². The van der Waals surface area contributed by atoms with Crippen LogP contribution in [0.15, 0.2) is 36.7 Å². The first-order valence-electron chi connectivity index (χ1n) is 13.3. The van der Waals surface area contributed by atoms with Crippen LogP contribution in [-0.4, -0.2) is 63.4 Å². The summed E-state index contributed by atoms with van der Waals surface area (Å²) in [6.45, 7) is 8.46. The van der Waals surface area contributed by atoms with Gasteiger partial charge in [0.1, 0.15) is 11.6 Å². The molecule has 11 heteroatoms. The molecule has 1 aromatic carbocycles. The maximum Gasteiger partial charge on any atom is 0.225 e. The quantitative estimate of drug-likeness (QED) is 0.310. The zero-order valence-corrected chi connectivity index (χ0v) is 24.2. The number of benzene rings is 1. The molecule has 0 bridgehead atoms. The molecule has 0 spiro atoms. The summed E-state index contributed by atoms with van der Waals surface area (Å²) in [5.74, 6) is 2.34. The van der Waals surface area contributed by atoms with E-state index in [1.165, 1.54) is 0 Å². The molecule has 0 aliphatic carbocycles. The number of anilines is 2. The number of ether oxygens (including phenoxy) is 1. The van der Waals surface area contributed by atoms with E-state index >= 15 is 0 Å². The summed E-state index contributed by atoms with van der Waals surface area (Å²) in [5.41, 5.74) is 10.3. The molecule has 0 radical (unpaired) electrons. The molecule has 4 aromatic rings. The Bertz CT molecular complexity index is 1430. The van der Waals surface area contributed by atoms with E-state index in [4.69, 9.17) is 43.8 Å². The smallest absolute Gasteiger partial charge is 0.225 e. The van der Waals surface area contributed by atoms with Crippen molar-refractivity contribution in [3.05, 3.63) is 58.1 Å². The van der Waals surface area contributed by atoms with Crippen molar-refractivity contribution in [3.8, 4) is 16.9 Å². The zero-order valence-electron chi connectivity index (χ0n) is 22.7. The summed E-state index contributed by atoms with van der Waals surface area (Å²) >= 11 is 13.5. The largest absolute Gasteiger partial charge is 0.497 e. The molecule has 206 valence electrons. The van der Waals surface area contributed by atoms with Crippen LogP contribution in [0, 0.1) is 6.92 Å². The first-order valence-corrected chi connectivity index (χ1v) is 14.0. The van der Waals surface area contributed by atoms with E-state index in [1.807, 2.05) is 17.5 Å². The number of nitrogens with two attached hydrogens (primary N) is 1. The van der Waals surface area contributed by atoms with Gasteiger partial charge in [-0.3, -0.25) is 0 Å². The second-order valence-corrected chi connectivity index (χ2v) is 10.7. The first-order chi connectivity index (χ1) is 18.9. The number of fused-ring (bicyclic) bond motifs is 1. The molecule has 4 heterocycles. The fourth-order valence-corrected chi connectivity index (χ4v) is 6.06. The highest BCUT2D eigenvalue weighted by Crippen LogP contribution is 2.42. The van der Waals surface area contributed by atoms with Gasteiger partial charge in [-0.2, -0.15) is 9.61 Å². The monoisotopic (exact) mass is 568 g/mol. The molecule has 1 aliphatic rings. The number of aryl methyl sites for hydroxylation is 2. The highest BCUT2D eigenvalue weighted by molar-refractivity contribution is 6.39. The number of methoxy groups -OCH3 is 1. The molecule has 1 atom stereocenters. The lowest BCUT2D eigenvalue weighted by Gasteiger charge is -2.42. The van der Waals surface area contributed by atoms with Gasteiger partial charge in [-0.1, -0.05) is 30.1 Å². The van der Waals surface area contributed by atoms with Gasteiger partial charge in [-0.25, -0.2) is 15.0 Å². The Balaban J connectivity index is 1.60. The first kappa shape index (κ1) is 27.4. The van der Waals surface area contributed by atoms with Crippen molar-refractivity contribution in [3.63, 3.8) is 0 Å². The average molecular weight is 570 g/mol. The second-order valence-electron chi connectivity index (χ2n) is 9.88. The predicted molar refractivity (Wildman–Crippen MR) is 157 cm³/mol. The molecular weight excluding hydrogens is 535 g/mol. The maximum atomic E-state index is 6.74. The van der Waals surface area contributed by atoms with Crippen LogP contribution in [0.25, 0.3) is 16.8 Å². The summed E-state index contributed by atoms with van der Waals surface area (Å²) in [5, 5.41) is 5.96. The van der Waals surface area contributed by atoms with Gasteiger partial charge in [0.2, 0.25) is 5.95 Å². The van der Waals surface area contributed by atoms with Crippen LogP contribution in [0.4, 0.5) is 11.8 Å². The number of piperidine rings is 1. The SMILES string of the molecule is CCc1cc(N(C(C)CN)C2CCN(c3ncccn3)CC2)n2nc(C)c(-c3c(Cl)cc(OC)cc3Cl)c2n1. The van der Waals surface area contributed by atoms with Crippen molar-refractivity contribution in [1.82, 2.24) is 24.6 Å². The highest BCUT2D eigenvalue weighted by Gasteiger charge is 2.31. The van der Waals surface area contributed by atoms with E-state index in [0.29, 0.717) is 27.9 Å². The summed E-state index contributed by atoms with van der Waals surface area (Å²) < 4.78 is 7.29. The Hall–Kier alpha value is -3.14. The van der Waals surface area contributed by atoms with Crippen molar-refractivity contribution in [2.75, 3.05) is 36.5 Å². The lowest BCUT2D eigenvalue weighted by molar-refractivity contribution is 0.415. The third-order valence-corrected chi connectivity index (χ3v) is 8.03. The third-order valence-electron chi connectivity index (χ3n) is 7.44. The van der Waals surface area contributed by atoms with Gasteiger partial charge in [0.15, 0.2) is 5.65 Å². The topological polar surface area (TPSA) is 97.7 Å². The van der Waals surface area contributed by atoms with Gasteiger partial charge in [0.25, 0.3) is 0 Å². The van der Waals surface area contributed by atoms with Gasteiger partial charge >= 0.3 is 0 Å². The molecular formula is C28H34Cl2N8O. The second kappa shape index (κ2) is 11.5. The molecule has 1 saturated heterocycles. The number of nitrogens with zero attached hydrogens (tertiary/aromatic N) is 7. The molecule has 9 nitrogen and oxygen atoms in total. The molecule has 2 N–H and O–H groups in total. The van der Waals surface area contributed by atoms with Crippen LogP contribution in [0.1, 0.15) is 38.1 Å². The number of hydrogen-bond donors (Lipinski definition) is 1. The van der Waals surface area contributed by atoms with Crippen LogP contribution < -0.4 is 20.3 Å². The van der Waals surface area contributed by atoms with E-state index in [1.54, 1.807) is 31.6 Å². The molecule has 1 fully saturated rings. The Morgan fingerprint density at radius 1 is 1.10 bits per heavy atom.